The van der Waals surface area contributed by atoms with E-state index in [4.69, 9.17) is 5.73 Å². The second kappa shape index (κ2) is 6.88. The molecular weight excluding hydrogens is 222 g/mol. The van der Waals surface area contributed by atoms with Crippen molar-refractivity contribution >= 4 is 0 Å². The lowest BCUT2D eigenvalue weighted by atomic mass is 10.0. The molecule has 2 fully saturated rings. The van der Waals surface area contributed by atoms with Crippen molar-refractivity contribution < 1.29 is 0 Å². The second-order valence-corrected chi connectivity index (χ2v) is 6.32. The number of nitrogens with two attached hydrogens (primary N) is 1. The molecule has 3 atom stereocenters. The Hall–Kier alpha value is -0.120. The lowest BCUT2D eigenvalue weighted by Crippen LogP contribution is -2.51. The molecule has 106 valence electrons. The van der Waals surface area contributed by atoms with Crippen molar-refractivity contribution in [3.05, 3.63) is 0 Å². The molecule has 2 aliphatic heterocycles. The van der Waals surface area contributed by atoms with E-state index in [1.807, 2.05) is 0 Å². The first kappa shape index (κ1) is 14.3. The minimum absolute atomic E-state index is 0.273. The summed E-state index contributed by atoms with van der Waals surface area (Å²) in [6.07, 6.45) is 9.60. The molecule has 2 heterocycles. The number of nitrogens with zero attached hydrogens (tertiary/aromatic N) is 2. The molecule has 2 saturated heterocycles. The third-order valence-corrected chi connectivity index (χ3v) is 4.93. The van der Waals surface area contributed by atoms with Gasteiger partial charge in [0.05, 0.1) is 6.17 Å². The predicted molar refractivity (Wildman–Crippen MR) is 77.5 cm³/mol. The molecule has 2 rings (SSSR count). The molecule has 0 spiro atoms. The van der Waals surface area contributed by atoms with E-state index in [1.165, 1.54) is 58.2 Å². The van der Waals surface area contributed by atoms with E-state index >= 15 is 0 Å². The topological polar surface area (TPSA) is 32.5 Å². The van der Waals surface area contributed by atoms with Crippen LogP contribution in [0.25, 0.3) is 0 Å². The molecule has 3 heteroatoms. The highest BCUT2D eigenvalue weighted by atomic mass is 15.3. The van der Waals surface area contributed by atoms with Gasteiger partial charge in [0.15, 0.2) is 0 Å². The van der Waals surface area contributed by atoms with E-state index in [0.717, 1.165) is 12.5 Å². The van der Waals surface area contributed by atoms with Crippen LogP contribution in [0.3, 0.4) is 0 Å². The molecule has 3 nitrogen and oxygen atoms in total. The second-order valence-electron chi connectivity index (χ2n) is 6.32. The third-order valence-electron chi connectivity index (χ3n) is 4.93. The third kappa shape index (κ3) is 3.69. The van der Waals surface area contributed by atoms with E-state index in [2.05, 4.69) is 23.6 Å². The van der Waals surface area contributed by atoms with Gasteiger partial charge in [-0.2, -0.15) is 0 Å². The zero-order valence-corrected chi connectivity index (χ0v) is 12.3. The Morgan fingerprint density at radius 1 is 1.00 bits per heavy atom. The quantitative estimate of drug-likeness (QED) is 0.835. The zero-order valence-electron chi connectivity index (χ0n) is 12.3. The van der Waals surface area contributed by atoms with E-state index in [0.29, 0.717) is 6.04 Å². The highest BCUT2D eigenvalue weighted by Gasteiger charge is 2.25. The Labute approximate surface area is 113 Å². The number of hydrogen-bond acceptors (Lipinski definition) is 3. The largest absolute Gasteiger partial charge is 0.316 e. The Balaban J connectivity index is 1.74. The summed E-state index contributed by atoms with van der Waals surface area (Å²) >= 11 is 0. The maximum Gasteiger partial charge on any atom is 0.0586 e. The summed E-state index contributed by atoms with van der Waals surface area (Å²) in [5, 5.41) is 0. The van der Waals surface area contributed by atoms with Crippen LogP contribution in [0.15, 0.2) is 0 Å². The molecule has 0 aromatic heterocycles. The fourth-order valence-electron chi connectivity index (χ4n) is 3.57. The molecule has 0 aromatic carbocycles. The summed E-state index contributed by atoms with van der Waals surface area (Å²) < 4.78 is 0. The molecule has 0 aliphatic carbocycles. The molecule has 0 bridgehead atoms. The average molecular weight is 253 g/mol. The van der Waals surface area contributed by atoms with Gasteiger partial charge >= 0.3 is 0 Å². The molecule has 0 amide bonds. The van der Waals surface area contributed by atoms with Crippen molar-refractivity contribution in [2.24, 2.45) is 5.73 Å². The van der Waals surface area contributed by atoms with Gasteiger partial charge in [-0.25, -0.2) is 0 Å². The van der Waals surface area contributed by atoms with Crippen molar-refractivity contribution in [2.45, 2.75) is 77.0 Å². The summed E-state index contributed by atoms with van der Waals surface area (Å²) in [6.45, 7) is 8.38. The van der Waals surface area contributed by atoms with Crippen LogP contribution in [0.5, 0.6) is 0 Å². The zero-order chi connectivity index (χ0) is 13.0. The number of rotatable bonds is 4. The van der Waals surface area contributed by atoms with Gasteiger partial charge in [0.2, 0.25) is 0 Å². The fourth-order valence-corrected chi connectivity index (χ4v) is 3.57. The molecule has 2 N–H and O–H groups in total. The van der Waals surface area contributed by atoms with Crippen LogP contribution in [0.2, 0.25) is 0 Å². The van der Waals surface area contributed by atoms with Crippen molar-refractivity contribution in [3.8, 4) is 0 Å². The van der Waals surface area contributed by atoms with Gasteiger partial charge in [-0.05, 0) is 59.0 Å². The van der Waals surface area contributed by atoms with Crippen LogP contribution in [-0.2, 0) is 0 Å². The molecule has 0 saturated carbocycles. The van der Waals surface area contributed by atoms with Gasteiger partial charge < -0.3 is 10.6 Å². The van der Waals surface area contributed by atoms with Gasteiger partial charge in [-0.3, -0.25) is 4.90 Å². The first-order valence-electron chi connectivity index (χ1n) is 7.94. The number of hydrogen-bond donors (Lipinski definition) is 1. The lowest BCUT2D eigenvalue weighted by Gasteiger charge is -2.39. The fraction of sp³-hybridized carbons (Fsp3) is 1.00. The standard InChI is InChI=1S/C15H31N3/c1-13-7-3-5-10-17(13)12-9-15(16)18-11-6-4-8-14(18)2/h13-15H,3-12,16H2,1-2H3. The molecular formula is C15H31N3. The van der Waals surface area contributed by atoms with Crippen LogP contribution in [0.4, 0.5) is 0 Å². The lowest BCUT2D eigenvalue weighted by molar-refractivity contribution is 0.0828. The SMILES string of the molecule is CC1CCCCN1CCC(N)N1CCCCC1C. The van der Waals surface area contributed by atoms with Crippen LogP contribution in [0, 0.1) is 0 Å². The Kier molecular flexibility index (Phi) is 5.46. The van der Waals surface area contributed by atoms with Crippen LogP contribution in [0.1, 0.15) is 58.8 Å². The Bertz CT molecular complexity index is 244. The van der Waals surface area contributed by atoms with E-state index < -0.39 is 0 Å². The summed E-state index contributed by atoms with van der Waals surface area (Å²) in [5.74, 6) is 0. The van der Waals surface area contributed by atoms with E-state index in [-0.39, 0.29) is 6.17 Å². The molecule has 18 heavy (non-hydrogen) atoms. The van der Waals surface area contributed by atoms with Crippen LogP contribution < -0.4 is 5.73 Å². The summed E-state index contributed by atoms with van der Waals surface area (Å²) in [7, 11) is 0. The highest BCUT2D eigenvalue weighted by molar-refractivity contribution is 4.79. The highest BCUT2D eigenvalue weighted by Crippen LogP contribution is 2.20. The van der Waals surface area contributed by atoms with Gasteiger partial charge in [-0.15, -0.1) is 0 Å². The van der Waals surface area contributed by atoms with Crippen molar-refractivity contribution in [1.82, 2.24) is 9.80 Å². The predicted octanol–water partition coefficient (Wildman–Crippen LogP) is 2.41. The van der Waals surface area contributed by atoms with Crippen molar-refractivity contribution in [3.63, 3.8) is 0 Å². The van der Waals surface area contributed by atoms with Crippen LogP contribution in [-0.4, -0.2) is 47.7 Å². The maximum absolute atomic E-state index is 6.40. The van der Waals surface area contributed by atoms with Gasteiger partial charge in [0.1, 0.15) is 0 Å². The normalized spacial score (nSPS) is 33.5. The van der Waals surface area contributed by atoms with E-state index in [9.17, 15) is 0 Å². The van der Waals surface area contributed by atoms with Gasteiger partial charge in [0, 0.05) is 18.6 Å². The smallest absolute Gasteiger partial charge is 0.0586 e. The van der Waals surface area contributed by atoms with Gasteiger partial charge in [-0.1, -0.05) is 12.8 Å². The molecule has 0 aromatic rings. The Morgan fingerprint density at radius 3 is 2.33 bits per heavy atom. The first-order chi connectivity index (χ1) is 8.68. The van der Waals surface area contributed by atoms with E-state index in [1.54, 1.807) is 0 Å². The monoisotopic (exact) mass is 253 g/mol. The summed E-state index contributed by atoms with van der Waals surface area (Å²) in [4.78, 5) is 5.16. The number of likely N-dealkylation sites (tertiary alicyclic amines) is 2. The summed E-state index contributed by atoms with van der Waals surface area (Å²) in [6, 6.07) is 1.46. The number of piperidine rings is 2. The minimum Gasteiger partial charge on any atom is -0.316 e. The molecule has 3 unspecified atom stereocenters. The molecule has 0 radical (unpaired) electrons. The van der Waals surface area contributed by atoms with Crippen LogP contribution >= 0.6 is 0 Å². The van der Waals surface area contributed by atoms with Crippen molar-refractivity contribution in [2.75, 3.05) is 19.6 Å². The van der Waals surface area contributed by atoms with Gasteiger partial charge in [0.25, 0.3) is 0 Å². The molecule has 2 aliphatic rings. The Morgan fingerprint density at radius 2 is 1.67 bits per heavy atom. The maximum atomic E-state index is 6.40. The average Bonchev–Trinajstić information content (AvgIpc) is 2.38. The minimum atomic E-state index is 0.273. The van der Waals surface area contributed by atoms with Crippen molar-refractivity contribution in [1.29, 1.82) is 0 Å². The summed E-state index contributed by atoms with van der Waals surface area (Å²) in [5.41, 5.74) is 6.40. The first-order valence-corrected chi connectivity index (χ1v) is 7.94.